The number of esters is 2. The highest BCUT2D eigenvalue weighted by atomic mass is 16.5. The zero-order valence-electron chi connectivity index (χ0n) is 18.4. The van der Waals surface area contributed by atoms with Crippen LogP contribution in [0.1, 0.15) is 111 Å². The number of hydrogen-bond donors (Lipinski definition) is 0. The molecule has 0 spiro atoms. The Morgan fingerprint density at radius 2 is 1.11 bits per heavy atom. The summed E-state index contributed by atoms with van der Waals surface area (Å²) in [5.74, 6) is 0.322. The molecule has 4 heteroatoms. The Labute approximate surface area is 167 Å². The van der Waals surface area contributed by atoms with E-state index < -0.39 is 0 Å². The monoisotopic (exact) mass is 384 g/mol. The lowest BCUT2D eigenvalue weighted by Crippen LogP contribution is -2.21. The molecule has 0 aromatic carbocycles. The maximum atomic E-state index is 11.7. The molecule has 0 aromatic rings. The first kappa shape index (κ1) is 25.9. The second-order valence-electron chi connectivity index (χ2n) is 7.75. The smallest absolute Gasteiger partial charge is 0.308 e. The van der Waals surface area contributed by atoms with Gasteiger partial charge in [-0.15, -0.1) is 0 Å². The maximum absolute atomic E-state index is 11.7. The van der Waals surface area contributed by atoms with Crippen molar-refractivity contribution >= 4 is 11.9 Å². The highest BCUT2D eigenvalue weighted by Gasteiger charge is 2.20. The van der Waals surface area contributed by atoms with Crippen molar-refractivity contribution in [1.29, 1.82) is 0 Å². The summed E-state index contributed by atoms with van der Waals surface area (Å²) in [7, 11) is 0. The molecule has 0 bridgehead atoms. The zero-order chi connectivity index (χ0) is 20.3. The molecule has 0 aromatic heterocycles. The van der Waals surface area contributed by atoms with Crippen molar-refractivity contribution in [3.8, 4) is 0 Å². The minimum Gasteiger partial charge on any atom is -0.466 e. The molecule has 0 N–H and O–H groups in total. The van der Waals surface area contributed by atoms with Gasteiger partial charge in [-0.2, -0.15) is 0 Å². The molecule has 4 nitrogen and oxygen atoms in total. The summed E-state index contributed by atoms with van der Waals surface area (Å²) < 4.78 is 10.0. The molecule has 0 saturated carbocycles. The summed E-state index contributed by atoms with van der Waals surface area (Å²) in [5, 5.41) is 0. The second-order valence-corrected chi connectivity index (χ2v) is 7.75. The Hall–Kier alpha value is -1.06. The van der Waals surface area contributed by atoms with Gasteiger partial charge in [-0.05, 0) is 32.6 Å². The highest BCUT2D eigenvalue weighted by molar-refractivity contribution is 5.72. The molecule has 2 unspecified atom stereocenters. The molecule has 0 saturated heterocycles. The van der Waals surface area contributed by atoms with Crippen molar-refractivity contribution in [2.75, 3.05) is 13.2 Å². The van der Waals surface area contributed by atoms with Crippen LogP contribution in [0.15, 0.2) is 0 Å². The zero-order valence-corrected chi connectivity index (χ0v) is 18.4. The molecule has 27 heavy (non-hydrogen) atoms. The number of carbonyl (C=O) groups excluding carboxylic acids is 2. The topological polar surface area (TPSA) is 52.6 Å². The summed E-state index contributed by atoms with van der Waals surface area (Å²) in [6, 6.07) is 0. The second kappa shape index (κ2) is 18.3. The Balaban J connectivity index is 3.33. The van der Waals surface area contributed by atoms with E-state index in [1.807, 2.05) is 20.8 Å². The van der Waals surface area contributed by atoms with Crippen molar-refractivity contribution in [2.24, 2.45) is 11.8 Å². The third kappa shape index (κ3) is 15.7. The van der Waals surface area contributed by atoms with Crippen LogP contribution in [0, 0.1) is 11.8 Å². The van der Waals surface area contributed by atoms with E-state index in [0.717, 1.165) is 19.3 Å². The molecule has 2 atom stereocenters. The Morgan fingerprint density at radius 1 is 0.667 bits per heavy atom. The molecule has 160 valence electrons. The van der Waals surface area contributed by atoms with Crippen LogP contribution >= 0.6 is 0 Å². The average molecular weight is 385 g/mol. The summed E-state index contributed by atoms with van der Waals surface area (Å²) in [6.07, 6.45) is 15.4. The molecule has 0 aliphatic heterocycles. The largest absolute Gasteiger partial charge is 0.466 e. The van der Waals surface area contributed by atoms with Gasteiger partial charge in [0.25, 0.3) is 0 Å². The van der Waals surface area contributed by atoms with E-state index in [4.69, 9.17) is 9.47 Å². The fourth-order valence-corrected chi connectivity index (χ4v) is 3.32. The molecular weight excluding hydrogens is 340 g/mol. The third-order valence-electron chi connectivity index (χ3n) is 5.36. The number of rotatable bonds is 18. The molecule has 0 rings (SSSR count). The summed E-state index contributed by atoms with van der Waals surface area (Å²) in [4.78, 5) is 22.9. The first-order chi connectivity index (χ1) is 13.0. The maximum Gasteiger partial charge on any atom is 0.308 e. The number of hydrogen-bond acceptors (Lipinski definition) is 4. The minimum atomic E-state index is -0.0535. The van der Waals surface area contributed by atoms with Crippen LogP contribution in [0.3, 0.4) is 0 Å². The van der Waals surface area contributed by atoms with Gasteiger partial charge >= 0.3 is 11.9 Å². The molecule has 0 aliphatic carbocycles. The van der Waals surface area contributed by atoms with Crippen LogP contribution in [0.5, 0.6) is 0 Å². The van der Waals surface area contributed by atoms with Crippen molar-refractivity contribution in [3.63, 3.8) is 0 Å². The number of ether oxygens (including phenoxy) is 2. The Morgan fingerprint density at radius 3 is 1.59 bits per heavy atom. The molecule has 0 aliphatic rings. The van der Waals surface area contributed by atoms with Gasteiger partial charge in [0.05, 0.1) is 19.1 Å². The van der Waals surface area contributed by atoms with Crippen LogP contribution in [0.25, 0.3) is 0 Å². The average Bonchev–Trinajstić information content (AvgIpc) is 2.65. The predicted molar refractivity (Wildman–Crippen MR) is 112 cm³/mol. The van der Waals surface area contributed by atoms with Crippen molar-refractivity contribution in [3.05, 3.63) is 0 Å². The van der Waals surface area contributed by atoms with Crippen LogP contribution in [0.4, 0.5) is 0 Å². The summed E-state index contributed by atoms with van der Waals surface area (Å²) in [5.41, 5.74) is 0. The van der Waals surface area contributed by atoms with E-state index in [9.17, 15) is 9.59 Å². The van der Waals surface area contributed by atoms with Gasteiger partial charge in [0.15, 0.2) is 0 Å². The molecule has 0 amide bonds. The van der Waals surface area contributed by atoms with Gasteiger partial charge in [0.2, 0.25) is 0 Å². The fourth-order valence-electron chi connectivity index (χ4n) is 3.32. The summed E-state index contributed by atoms with van der Waals surface area (Å²) >= 11 is 0. The van der Waals surface area contributed by atoms with E-state index in [1.165, 1.54) is 57.8 Å². The van der Waals surface area contributed by atoms with E-state index in [1.54, 1.807) is 0 Å². The lowest BCUT2D eigenvalue weighted by molar-refractivity contribution is -0.149. The van der Waals surface area contributed by atoms with E-state index in [-0.39, 0.29) is 17.9 Å². The van der Waals surface area contributed by atoms with Crippen LogP contribution < -0.4 is 0 Å². The number of unbranched alkanes of at least 4 members (excludes halogenated alkanes) is 10. The first-order valence-electron chi connectivity index (χ1n) is 11.3. The predicted octanol–water partition coefficient (Wildman–Crippen LogP) is 6.46. The highest BCUT2D eigenvalue weighted by Crippen LogP contribution is 2.20. The Kier molecular flexibility index (Phi) is 17.6. The SMILES string of the molecule is CCOC(=O)CCCCCCCCCCCCCC(C)C(C)C(=O)OCC. The van der Waals surface area contributed by atoms with Crippen LogP contribution in [-0.4, -0.2) is 25.2 Å². The van der Waals surface area contributed by atoms with Gasteiger partial charge < -0.3 is 9.47 Å². The van der Waals surface area contributed by atoms with E-state index >= 15 is 0 Å². The van der Waals surface area contributed by atoms with Crippen LogP contribution in [-0.2, 0) is 19.1 Å². The molecule has 0 radical (unpaired) electrons. The molecule has 0 fully saturated rings. The number of carbonyl (C=O) groups is 2. The minimum absolute atomic E-state index is 0.0160. The quantitative estimate of drug-likeness (QED) is 0.201. The summed E-state index contributed by atoms with van der Waals surface area (Å²) in [6.45, 7) is 8.83. The first-order valence-corrected chi connectivity index (χ1v) is 11.3. The van der Waals surface area contributed by atoms with Crippen molar-refractivity contribution < 1.29 is 19.1 Å². The van der Waals surface area contributed by atoms with Crippen molar-refractivity contribution in [2.45, 2.75) is 111 Å². The van der Waals surface area contributed by atoms with Gasteiger partial charge in [-0.1, -0.05) is 78.1 Å². The fraction of sp³-hybridized carbons (Fsp3) is 0.913. The van der Waals surface area contributed by atoms with E-state index in [2.05, 4.69) is 6.92 Å². The standard InChI is InChI=1S/C23H44O4/c1-5-26-22(24)19-17-15-13-11-9-7-8-10-12-14-16-18-20(3)21(4)23(25)27-6-2/h20-21H,5-19H2,1-4H3. The van der Waals surface area contributed by atoms with E-state index in [0.29, 0.717) is 25.6 Å². The Bertz CT molecular complexity index is 367. The molecule has 0 heterocycles. The van der Waals surface area contributed by atoms with Gasteiger partial charge in [-0.3, -0.25) is 9.59 Å². The van der Waals surface area contributed by atoms with Gasteiger partial charge in [0.1, 0.15) is 0 Å². The lowest BCUT2D eigenvalue weighted by atomic mass is 9.90. The third-order valence-corrected chi connectivity index (χ3v) is 5.36. The lowest BCUT2D eigenvalue weighted by Gasteiger charge is -2.18. The van der Waals surface area contributed by atoms with Crippen LogP contribution in [0.2, 0.25) is 0 Å². The van der Waals surface area contributed by atoms with Gasteiger partial charge in [-0.25, -0.2) is 0 Å². The van der Waals surface area contributed by atoms with Crippen molar-refractivity contribution in [1.82, 2.24) is 0 Å². The van der Waals surface area contributed by atoms with Gasteiger partial charge in [0, 0.05) is 6.42 Å². The normalized spacial score (nSPS) is 13.2. The molecular formula is C23H44O4.